The molecule has 0 atom stereocenters. The molecule has 7 heteroatoms. The smallest absolute Gasteiger partial charge is 0.416 e. The largest absolute Gasteiger partial charge is 0.493 e. The molecular weight excluding hydrogens is 357 g/mol. The number of methoxy groups -OCH3 is 2. The van der Waals surface area contributed by atoms with E-state index in [9.17, 15) is 13.2 Å². The van der Waals surface area contributed by atoms with E-state index >= 15 is 0 Å². The Morgan fingerprint density at radius 1 is 1.00 bits per heavy atom. The summed E-state index contributed by atoms with van der Waals surface area (Å²) in [5.74, 6) is 2.07. The predicted octanol–water partition coefficient (Wildman–Crippen LogP) is 4.88. The number of aryl methyl sites for hydroxylation is 3. The second kappa shape index (κ2) is 7.50. The average Bonchev–Trinajstić information content (AvgIpc) is 3.02. The van der Waals surface area contributed by atoms with E-state index in [1.807, 2.05) is 29.7 Å². The third kappa shape index (κ3) is 3.86. The van der Waals surface area contributed by atoms with Crippen molar-refractivity contribution in [1.82, 2.24) is 9.55 Å². The summed E-state index contributed by atoms with van der Waals surface area (Å²) in [6.45, 7) is 2.55. The van der Waals surface area contributed by atoms with Gasteiger partial charge in [-0.1, -0.05) is 13.0 Å². The molecule has 0 saturated carbocycles. The summed E-state index contributed by atoms with van der Waals surface area (Å²) >= 11 is 0. The summed E-state index contributed by atoms with van der Waals surface area (Å²) < 4.78 is 51.4. The molecule has 0 N–H and O–H groups in total. The first-order chi connectivity index (χ1) is 12.9. The van der Waals surface area contributed by atoms with Crippen molar-refractivity contribution in [2.45, 2.75) is 32.5 Å². The van der Waals surface area contributed by atoms with Crippen molar-refractivity contribution < 1.29 is 22.6 Å². The van der Waals surface area contributed by atoms with E-state index in [1.54, 1.807) is 14.2 Å². The van der Waals surface area contributed by atoms with Crippen LogP contribution in [0.1, 0.15) is 23.9 Å². The highest BCUT2D eigenvalue weighted by Gasteiger charge is 2.31. The van der Waals surface area contributed by atoms with Crippen LogP contribution in [-0.4, -0.2) is 23.8 Å². The van der Waals surface area contributed by atoms with Crippen LogP contribution in [0.3, 0.4) is 0 Å². The molecule has 2 aromatic carbocycles. The molecule has 0 amide bonds. The molecule has 27 heavy (non-hydrogen) atoms. The molecular formula is C20H21F3N2O2. The lowest BCUT2D eigenvalue weighted by Crippen LogP contribution is -2.06. The van der Waals surface area contributed by atoms with Crippen LogP contribution >= 0.6 is 0 Å². The van der Waals surface area contributed by atoms with E-state index in [-0.39, 0.29) is 0 Å². The standard InChI is InChI=1S/C20H21F3N2O2/c1-4-19-24-15-12-14(20(21,22)23)6-7-16(15)25(19)10-9-13-5-8-17(26-2)18(11-13)27-3/h5-8,11-12H,4,9-10H2,1-3H3. The van der Waals surface area contributed by atoms with Gasteiger partial charge in [0.15, 0.2) is 11.5 Å². The van der Waals surface area contributed by atoms with Crippen molar-refractivity contribution in [3.8, 4) is 11.5 Å². The van der Waals surface area contributed by atoms with E-state index in [2.05, 4.69) is 4.98 Å². The Balaban J connectivity index is 1.90. The zero-order valence-electron chi connectivity index (χ0n) is 15.4. The first-order valence-electron chi connectivity index (χ1n) is 8.64. The zero-order valence-corrected chi connectivity index (χ0v) is 15.4. The van der Waals surface area contributed by atoms with Crippen LogP contribution in [0.2, 0.25) is 0 Å². The van der Waals surface area contributed by atoms with Crippen molar-refractivity contribution in [3.63, 3.8) is 0 Å². The van der Waals surface area contributed by atoms with E-state index in [0.717, 1.165) is 23.5 Å². The second-order valence-corrected chi connectivity index (χ2v) is 6.17. The minimum atomic E-state index is -4.37. The van der Waals surface area contributed by atoms with Gasteiger partial charge in [-0.25, -0.2) is 4.98 Å². The van der Waals surface area contributed by atoms with Crippen LogP contribution in [0.5, 0.6) is 11.5 Å². The van der Waals surface area contributed by atoms with Crippen molar-refractivity contribution in [1.29, 1.82) is 0 Å². The molecule has 0 aliphatic rings. The minimum Gasteiger partial charge on any atom is -0.493 e. The van der Waals surface area contributed by atoms with E-state index in [1.165, 1.54) is 6.07 Å². The Morgan fingerprint density at radius 3 is 2.37 bits per heavy atom. The molecule has 0 aliphatic heterocycles. The summed E-state index contributed by atoms with van der Waals surface area (Å²) in [5.41, 5.74) is 1.44. The zero-order chi connectivity index (χ0) is 19.6. The summed E-state index contributed by atoms with van der Waals surface area (Å²) in [7, 11) is 3.16. The topological polar surface area (TPSA) is 36.3 Å². The predicted molar refractivity (Wildman–Crippen MR) is 97.4 cm³/mol. The summed E-state index contributed by atoms with van der Waals surface area (Å²) in [4.78, 5) is 4.40. The van der Waals surface area contributed by atoms with Gasteiger partial charge in [0.25, 0.3) is 0 Å². The van der Waals surface area contributed by atoms with Gasteiger partial charge in [-0.15, -0.1) is 0 Å². The molecule has 4 nitrogen and oxygen atoms in total. The number of hydrogen-bond donors (Lipinski definition) is 0. The molecule has 3 rings (SSSR count). The number of imidazole rings is 1. The van der Waals surface area contributed by atoms with Crippen molar-refractivity contribution in [3.05, 3.63) is 53.3 Å². The van der Waals surface area contributed by atoms with Crippen molar-refractivity contribution >= 4 is 11.0 Å². The fourth-order valence-corrected chi connectivity index (χ4v) is 3.15. The Labute approximate surface area is 155 Å². The quantitative estimate of drug-likeness (QED) is 0.614. The van der Waals surface area contributed by atoms with Gasteiger partial charge < -0.3 is 14.0 Å². The van der Waals surface area contributed by atoms with E-state index in [0.29, 0.717) is 41.9 Å². The maximum absolute atomic E-state index is 13.0. The fraction of sp³-hybridized carbons (Fsp3) is 0.350. The molecule has 0 spiro atoms. The molecule has 0 fully saturated rings. The Morgan fingerprint density at radius 2 is 1.74 bits per heavy atom. The monoisotopic (exact) mass is 378 g/mol. The molecule has 144 valence electrons. The number of halogens is 3. The van der Waals surface area contributed by atoms with Gasteiger partial charge in [0.2, 0.25) is 0 Å². The van der Waals surface area contributed by atoms with Crippen LogP contribution in [0.15, 0.2) is 36.4 Å². The van der Waals surface area contributed by atoms with Crippen molar-refractivity contribution in [2.75, 3.05) is 14.2 Å². The van der Waals surface area contributed by atoms with Gasteiger partial charge in [-0.2, -0.15) is 13.2 Å². The highest BCUT2D eigenvalue weighted by Crippen LogP contribution is 2.32. The van der Waals surface area contributed by atoms with Crippen LogP contribution in [0.25, 0.3) is 11.0 Å². The lowest BCUT2D eigenvalue weighted by atomic mass is 10.1. The third-order valence-electron chi connectivity index (χ3n) is 4.54. The van der Waals surface area contributed by atoms with Gasteiger partial charge >= 0.3 is 6.18 Å². The van der Waals surface area contributed by atoms with Gasteiger partial charge in [-0.05, 0) is 42.3 Å². The number of nitrogens with zero attached hydrogens (tertiary/aromatic N) is 2. The molecule has 0 aliphatic carbocycles. The van der Waals surface area contributed by atoms with Crippen LogP contribution < -0.4 is 9.47 Å². The minimum absolute atomic E-state index is 0.369. The van der Waals surface area contributed by atoms with Gasteiger partial charge in [0.1, 0.15) is 5.82 Å². The van der Waals surface area contributed by atoms with Crippen LogP contribution in [0, 0.1) is 0 Å². The number of benzene rings is 2. The summed E-state index contributed by atoms with van der Waals surface area (Å²) in [6.07, 6.45) is -3.04. The molecule has 0 radical (unpaired) electrons. The number of hydrogen-bond acceptors (Lipinski definition) is 3. The fourth-order valence-electron chi connectivity index (χ4n) is 3.15. The lowest BCUT2D eigenvalue weighted by Gasteiger charge is -2.12. The highest BCUT2D eigenvalue weighted by molar-refractivity contribution is 5.77. The van der Waals surface area contributed by atoms with E-state index < -0.39 is 11.7 Å². The molecule has 3 aromatic rings. The van der Waals surface area contributed by atoms with Crippen molar-refractivity contribution in [2.24, 2.45) is 0 Å². The number of ether oxygens (including phenoxy) is 2. The molecule has 1 heterocycles. The Hall–Kier alpha value is -2.70. The highest BCUT2D eigenvalue weighted by atomic mass is 19.4. The number of rotatable bonds is 6. The number of aromatic nitrogens is 2. The SMILES string of the molecule is CCc1nc2cc(C(F)(F)F)ccc2n1CCc1ccc(OC)c(OC)c1. The molecule has 0 bridgehead atoms. The number of fused-ring (bicyclic) bond motifs is 1. The second-order valence-electron chi connectivity index (χ2n) is 6.17. The molecule has 0 saturated heterocycles. The Bertz CT molecular complexity index is 948. The van der Waals surface area contributed by atoms with Crippen LogP contribution in [0.4, 0.5) is 13.2 Å². The summed E-state index contributed by atoms with van der Waals surface area (Å²) in [6, 6.07) is 9.42. The maximum Gasteiger partial charge on any atom is 0.416 e. The summed E-state index contributed by atoms with van der Waals surface area (Å²) in [5, 5.41) is 0. The molecule has 0 unspecified atom stereocenters. The Kier molecular flexibility index (Phi) is 5.30. The lowest BCUT2D eigenvalue weighted by molar-refractivity contribution is -0.137. The van der Waals surface area contributed by atoms with Gasteiger partial charge in [0.05, 0.1) is 30.8 Å². The molecule has 1 aromatic heterocycles. The van der Waals surface area contributed by atoms with E-state index in [4.69, 9.17) is 9.47 Å². The van der Waals surface area contributed by atoms with Gasteiger partial charge in [0, 0.05) is 13.0 Å². The third-order valence-corrected chi connectivity index (χ3v) is 4.54. The number of alkyl halides is 3. The van der Waals surface area contributed by atoms with Gasteiger partial charge in [-0.3, -0.25) is 0 Å². The van der Waals surface area contributed by atoms with Crippen LogP contribution in [-0.2, 0) is 25.6 Å². The maximum atomic E-state index is 13.0. The average molecular weight is 378 g/mol. The first-order valence-corrected chi connectivity index (χ1v) is 8.64. The first kappa shape index (κ1) is 19.1. The normalized spacial score (nSPS) is 11.8.